The maximum atomic E-state index is 12.7. The second kappa shape index (κ2) is 7.25. The van der Waals surface area contributed by atoms with Crippen molar-refractivity contribution in [2.24, 2.45) is 5.41 Å². The zero-order chi connectivity index (χ0) is 18.8. The SMILES string of the molecule is CCOC1CC(NC(=O)c2cccc(CS(C)=O)c2)(C(=O)O)C1(C)C. The van der Waals surface area contributed by atoms with Crippen LogP contribution in [0, 0.1) is 5.41 Å². The Labute approximate surface area is 150 Å². The van der Waals surface area contributed by atoms with Crippen LogP contribution < -0.4 is 5.32 Å². The number of nitrogens with one attached hydrogen (secondary N) is 1. The highest BCUT2D eigenvalue weighted by atomic mass is 32.2. The average molecular weight is 367 g/mol. The van der Waals surface area contributed by atoms with Crippen molar-refractivity contribution in [1.82, 2.24) is 5.32 Å². The van der Waals surface area contributed by atoms with Crippen molar-refractivity contribution < 1.29 is 23.6 Å². The maximum absolute atomic E-state index is 12.7. The summed E-state index contributed by atoms with van der Waals surface area (Å²) in [6, 6.07) is 6.78. The quantitative estimate of drug-likeness (QED) is 0.768. The van der Waals surface area contributed by atoms with Crippen molar-refractivity contribution in [3.63, 3.8) is 0 Å². The van der Waals surface area contributed by atoms with Crippen LogP contribution in [0.5, 0.6) is 0 Å². The van der Waals surface area contributed by atoms with Gasteiger partial charge in [-0.05, 0) is 24.6 Å². The Balaban J connectivity index is 2.23. The zero-order valence-electron chi connectivity index (χ0n) is 15.0. The lowest BCUT2D eigenvalue weighted by atomic mass is 9.54. The molecule has 6 nitrogen and oxygen atoms in total. The van der Waals surface area contributed by atoms with Gasteiger partial charge in [-0.1, -0.05) is 26.0 Å². The Hall–Kier alpha value is -1.73. The lowest BCUT2D eigenvalue weighted by molar-refractivity contribution is -0.190. The molecule has 0 aliphatic heterocycles. The molecule has 0 aromatic heterocycles. The largest absolute Gasteiger partial charge is 0.479 e. The van der Waals surface area contributed by atoms with Gasteiger partial charge in [0.1, 0.15) is 5.54 Å². The zero-order valence-corrected chi connectivity index (χ0v) is 15.8. The van der Waals surface area contributed by atoms with E-state index >= 15 is 0 Å². The van der Waals surface area contributed by atoms with Crippen LogP contribution in [0.1, 0.15) is 43.1 Å². The van der Waals surface area contributed by atoms with Gasteiger partial charge in [0, 0.05) is 46.8 Å². The number of aliphatic carboxylic acids is 1. The molecule has 1 aliphatic rings. The van der Waals surface area contributed by atoms with E-state index in [0.717, 1.165) is 5.56 Å². The first-order valence-electron chi connectivity index (χ1n) is 8.20. The summed E-state index contributed by atoms with van der Waals surface area (Å²) >= 11 is 0. The molecule has 1 aliphatic carbocycles. The number of benzene rings is 1. The van der Waals surface area contributed by atoms with Crippen LogP contribution in [0.2, 0.25) is 0 Å². The van der Waals surface area contributed by atoms with Gasteiger partial charge in [-0.3, -0.25) is 9.00 Å². The lowest BCUT2D eigenvalue weighted by Crippen LogP contribution is -2.76. The van der Waals surface area contributed by atoms with Gasteiger partial charge in [0.05, 0.1) is 6.10 Å². The van der Waals surface area contributed by atoms with Crippen LogP contribution in [0.15, 0.2) is 24.3 Å². The number of carbonyl (C=O) groups excluding carboxylic acids is 1. The monoisotopic (exact) mass is 367 g/mol. The third-order valence-corrected chi connectivity index (χ3v) is 5.76. The number of amides is 1. The number of carboxylic acid groups (broad SMARTS) is 1. The van der Waals surface area contributed by atoms with Crippen LogP contribution >= 0.6 is 0 Å². The van der Waals surface area contributed by atoms with Gasteiger partial charge in [-0.25, -0.2) is 4.79 Å². The lowest BCUT2D eigenvalue weighted by Gasteiger charge is -2.58. The Morgan fingerprint density at radius 3 is 2.60 bits per heavy atom. The van der Waals surface area contributed by atoms with Crippen molar-refractivity contribution in [2.45, 2.75) is 44.6 Å². The molecule has 1 aromatic carbocycles. The predicted octanol–water partition coefficient (Wildman–Crippen LogP) is 1.95. The van der Waals surface area contributed by atoms with E-state index in [1.165, 1.54) is 0 Å². The number of carboxylic acids is 1. The molecule has 138 valence electrons. The molecular weight excluding hydrogens is 342 g/mol. The van der Waals surface area contributed by atoms with Crippen molar-refractivity contribution in [3.05, 3.63) is 35.4 Å². The van der Waals surface area contributed by atoms with E-state index < -0.39 is 33.6 Å². The molecule has 0 radical (unpaired) electrons. The van der Waals surface area contributed by atoms with Crippen LogP contribution in [-0.4, -0.2) is 45.7 Å². The smallest absolute Gasteiger partial charge is 0.330 e. The van der Waals surface area contributed by atoms with E-state index in [1.54, 1.807) is 44.4 Å². The molecule has 0 spiro atoms. The molecule has 1 amide bonds. The van der Waals surface area contributed by atoms with Gasteiger partial charge in [0.2, 0.25) is 0 Å². The highest BCUT2D eigenvalue weighted by Crippen LogP contribution is 2.51. The van der Waals surface area contributed by atoms with Crippen molar-refractivity contribution in [2.75, 3.05) is 12.9 Å². The second-order valence-electron chi connectivity index (χ2n) is 6.95. The first-order chi connectivity index (χ1) is 11.6. The summed E-state index contributed by atoms with van der Waals surface area (Å²) in [4.78, 5) is 24.6. The number of hydrogen-bond acceptors (Lipinski definition) is 4. The summed E-state index contributed by atoms with van der Waals surface area (Å²) in [7, 11) is -1.02. The highest BCUT2D eigenvalue weighted by molar-refractivity contribution is 7.83. The third kappa shape index (κ3) is 3.62. The fraction of sp³-hybridized carbons (Fsp3) is 0.556. The molecule has 1 aromatic rings. The normalized spacial score (nSPS) is 25.7. The highest BCUT2D eigenvalue weighted by Gasteiger charge is 2.66. The van der Waals surface area contributed by atoms with Crippen LogP contribution in [-0.2, 0) is 26.1 Å². The molecule has 1 fully saturated rings. The summed E-state index contributed by atoms with van der Waals surface area (Å²) in [5.41, 5.74) is -0.960. The van der Waals surface area contributed by atoms with E-state index in [-0.39, 0.29) is 12.5 Å². The van der Waals surface area contributed by atoms with Gasteiger partial charge in [-0.15, -0.1) is 0 Å². The van der Waals surface area contributed by atoms with Crippen LogP contribution in [0.25, 0.3) is 0 Å². The standard InChI is InChI=1S/C18H25NO5S/c1-5-24-14-10-18(16(21)22,17(14,2)3)19-15(20)13-8-6-7-12(9-13)11-25(4)23/h6-9,14H,5,10-11H2,1-4H3,(H,19,20)(H,21,22). The Morgan fingerprint density at radius 2 is 2.08 bits per heavy atom. The van der Waals surface area contributed by atoms with E-state index in [2.05, 4.69) is 5.32 Å². The third-order valence-electron chi connectivity index (χ3n) is 5.02. The molecule has 7 heteroatoms. The summed E-state index contributed by atoms with van der Waals surface area (Å²) in [6.45, 7) is 5.94. The predicted molar refractivity (Wildman–Crippen MR) is 95.9 cm³/mol. The van der Waals surface area contributed by atoms with E-state index in [1.807, 2.05) is 6.92 Å². The fourth-order valence-corrected chi connectivity index (χ4v) is 3.99. The topological polar surface area (TPSA) is 92.7 Å². The molecular formula is C18H25NO5S. The summed E-state index contributed by atoms with van der Waals surface area (Å²) in [6.07, 6.45) is 1.60. The first-order valence-corrected chi connectivity index (χ1v) is 9.93. The molecule has 2 rings (SSSR count). The van der Waals surface area contributed by atoms with Gasteiger partial charge in [-0.2, -0.15) is 0 Å². The van der Waals surface area contributed by atoms with Gasteiger partial charge >= 0.3 is 5.97 Å². The molecule has 2 N–H and O–H groups in total. The van der Waals surface area contributed by atoms with Gasteiger partial charge < -0.3 is 15.2 Å². The van der Waals surface area contributed by atoms with Crippen LogP contribution in [0.4, 0.5) is 0 Å². The molecule has 1 saturated carbocycles. The minimum Gasteiger partial charge on any atom is -0.479 e. The van der Waals surface area contributed by atoms with E-state index in [0.29, 0.717) is 17.9 Å². The molecule has 0 bridgehead atoms. The van der Waals surface area contributed by atoms with E-state index in [9.17, 15) is 18.9 Å². The summed E-state index contributed by atoms with van der Waals surface area (Å²) in [5.74, 6) is -1.16. The number of hydrogen-bond donors (Lipinski definition) is 2. The Morgan fingerprint density at radius 1 is 1.40 bits per heavy atom. The summed E-state index contributed by atoms with van der Waals surface area (Å²) in [5, 5.41) is 12.5. The molecule has 25 heavy (non-hydrogen) atoms. The molecule has 3 unspecified atom stereocenters. The minimum absolute atomic E-state index is 0.220. The first kappa shape index (κ1) is 19.6. The van der Waals surface area contributed by atoms with Crippen molar-refractivity contribution >= 4 is 22.7 Å². The Bertz CT molecular complexity index is 702. The summed E-state index contributed by atoms with van der Waals surface area (Å²) < 4.78 is 17.0. The van der Waals surface area contributed by atoms with Crippen molar-refractivity contribution in [1.29, 1.82) is 0 Å². The fourth-order valence-electron chi connectivity index (χ4n) is 3.34. The van der Waals surface area contributed by atoms with Crippen molar-refractivity contribution in [3.8, 4) is 0 Å². The number of ether oxygens (including phenoxy) is 1. The van der Waals surface area contributed by atoms with Gasteiger partial charge in [0.25, 0.3) is 5.91 Å². The number of carbonyl (C=O) groups is 2. The molecule has 3 atom stereocenters. The molecule has 0 saturated heterocycles. The van der Waals surface area contributed by atoms with Crippen LogP contribution in [0.3, 0.4) is 0 Å². The Kier molecular flexibility index (Phi) is 5.68. The average Bonchev–Trinajstić information content (AvgIpc) is 2.52. The number of rotatable bonds is 7. The van der Waals surface area contributed by atoms with Gasteiger partial charge in [0.15, 0.2) is 0 Å². The maximum Gasteiger partial charge on any atom is 0.330 e. The molecule has 0 heterocycles. The minimum atomic E-state index is -1.37. The van der Waals surface area contributed by atoms with E-state index in [4.69, 9.17) is 4.74 Å². The second-order valence-corrected chi connectivity index (χ2v) is 8.39.